The van der Waals surface area contributed by atoms with Gasteiger partial charge in [0.2, 0.25) is 0 Å². The Labute approximate surface area is 79.2 Å². The van der Waals surface area contributed by atoms with E-state index in [-0.39, 0.29) is 0 Å². The normalized spacial score (nSPS) is 9.38. The van der Waals surface area contributed by atoms with Crippen LogP contribution in [0.25, 0.3) is 11.1 Å². The molecule has 0 aromatic heterocycles. The van der Waals surface area contributed by atoms with Crippen molar-refractivity contribution in [3.63, 3.8) is 0 Å². The Hall–Kier alpha value is -1.44. The fourth-order valence-electron chi connectivity index (χ4n) is 1.08. The highest BCUT2D eigenvalue weighted by Gasteiger charge is 1.96. The monoisotopic (exact) mass is 176 g/mol. The summed E-state index contributed by atoms with van der Waals surface area (Å²) >= 11 is 0. The molecule has 0 aliphatic carbocycles. The molecule has 2 nitrogen and oxygen atoms in total. The summed E-state index contributed by atoms with van der Waals surface area (Å²) < 4.78 is 5.29. The second kappa shape index (κ2) is 4.55. The molecule has 0 heterocycles. The largest absolute Gasteiger partial charge is 0.687 e. The number of hydrogen-bond acceptors (Lipinski definition) is 1. The van der Waals surface area contributed by atoms with Crippen LogP contribution >= 0.6 is 0 Å². The van der Waals surface area contributed by atoms with E-state index in [4.69, 9.17) is 4.74 Å². The average molecular weight is 176 g/mol. The first-order valence-electron chi connectivity index (χ1n) is 4.30. The lowest BCUT2D eigenvalue weighted by molar-refractivity contribution is 0.299. The van der Waals surface area contributed by atoms with Crippen LogP contribution in [0.15, 0.2) is 30.8 Å². The molecule has 0 saturated heterocycles. The molecule has 1 aromatic rings. The van der Waals surface area contributed by atoms with Crippen LogP contribution in [-0.4, -0.2) is 13.7 Å². The summed E-state index contributed by atoms with van der Waals surface area (Å²) in [5.74, 6) is 0.702. The third-order valence-corrected chi connectivity index (χ3v) is 1.74. The number of rotatable bonds is 4. The predicted molar refractivity (Wildman–Crippen MR) is 56.0 cm³/mol. The second-order valence-corrected chi connectivity index (χ2v) is 2.63. The molecule has 0 saturated carbocycles. The van der Waals surface area contributed by atoms with Gasteiger partial charge >= 0.3 is 0 Å². The first-order chi connectivity index (χ1) is 6.27. The van der Waals surface area contributed by atoms with Gasteiger partial charge in [-0.2, -0.15) is 0 Å². The van der Waals surface area contributed by atoms with Crippen LogP contribution in [0.4, 0.5) is 5.69 Å². The Morgan fingerprint density at radius 1 is 1.54 bits per heavy atom. The standard InChI is InChI=1S/C11H14NO/c1-4-13-9(2)10-6-5-7-11(8-10)12-3/h5-8H,2,4H2,1,3H3/q-1. The summed E-state index contributed by atoms with van der Waals surface area (Å²) in [5, 5.41) is 4.08. The molecule has 0 radical (unpaired) electrons. The van der Waals surface area contributed by atoms with Gasteiger partial charge in [-0.05, 0) is 6.92 Å². The molecule has 70 valence electrons. The van der Waals surface area contributed by atoms with Crippen molar-refractivity contribution in [2.75, 3.05) is 13.7 Å². The van der Waals surface area contributed by atoms with E-state index in [9.17, 15) is 0 Å². The van der Waals surface area contributed by atoms with Gasteiger partial charge in [0.25, 0.3) is 0 Å². The molecule has 1 rings (SSSR count). The highest BCUT2D eigenvalue weighted by Crippen LogP contribution is 2.21. The first kappa shape index (κ1) is 9.65. The molecule has 1 aromatic carbocycles. The molecule has 0 aliphatic rings. The van der Waals surface area contributed by atoms with Crippen molar-refractivity contribution in [1.82, 2.24) is 0 Å². The maximum Gasteiger partial charge on any atom is 0.119 e. The van der Waals surface area contributed by atoms with Crippen LogP contribution in [-0.2, 0) is 4.74 Å². The average Bonchev–Trinajstić information content (AvgIpc) is 2.18. The fraction of sp³-hybridized carbons (Fsp3) is 0.273. The van der Waals surface area contributed by atoms with Crippen LogP contribution in [0.5, 0.6) is 0 Å². The van der Waals surface area contributed by atoms with E-state index < -0.39 is 0 Å². The number of hydrogen-bond donors (Lipinski definition) is 0. The SMILES string of the molecule is C=C(OCC)c1cccc([N-]C)c1. The van der Waals surface area contributed by atoms with Gasteiger partial charge in [0.15, 0.2) is 0 Å². The number of benzene rings is 1. The minimum absolute atomic E-state index is 0.645. The molecule has 0 aliphatic heterocycles. The minimum Gasteiger partial charge on any atom is -0.687 e. The summed E-state index contributed by atoms with van der Waals surface area (Å²) in [6.45, 7) is 6.42. The summed E-state index contributed by atoms with van der Waals surface area (Å²) in [6, 6.07) is 7.81. The Balaban J connectivity index is 2.82. The third kappa shape index (κ3) is 2.51. The lowest BCUT2D eigenvalue weighted by atomic mass is 10.2. The van der Waals surface area contributed by atoms with Gasteiger partial charge in [-0.1, -0.05) is 30.8 Å². The smallest absolute Gasteiger partial charge is 0.119 e. The maximum atomic E-state index is 5.29. The Bertz CT molecular complexity index is 294. The molecule has 0 amide bonds. The van der Waals surface area contributed by atoms with E-state index in [2.05, 4.69) is 11.9 Å². The van der Waals surface area contributed by atoms with Crippen LogP contribution in [0.2, 0.25) is 0 Å². The summed E-state index contributed by atoms with van der Waals surface area (Å²) in [4.78, 5) is 0. The van der Waals surface area contributed by atoms with Crippen LogP contribution in [0.3, 0.4) is 0 Å². The van der Waals surface area contributed by atoms with Crippen molar-refractivity contribution in [3.8, 4) is 0 Å². The van der Waals surface area contributed by atoms with Gasteiger partial charge in [-0.3, -0.25) is 0 Å². The molecule has 2 heteroatoms. The minimum atomic E-state index is 0.645. The Kier molecular flexibility index (Phi) is 3.38. The highest BCUT2D eigenvalue weighted by atomic mass is 16.5. The van der Waals surface area contributed by atoms with Crippen molar-refractivity contribution in [2.24, 2.45) is 0 Å². The maximum absolute atomic E-state index is 5.29. The molecule has 0 unspecified atom stereocenters. The highest BCUT2D eigenvalue weighted by molar-refractivity contribution is 5.63. The van der Waals surface area contributed by atoms with E-state index >= 15 is 0 Å². The molecule has 0 spiro atoms. The number of nitrogens with zero attached hydrogens (tertiary/aromatic N) is 1. The van der Waals surface area contributed by atoms with Gasteiger partial charge in [0, 0.05) is 5.56 Å². The summed E-state index contributed by atoms with van der Waals surface area (Å²) in [7, 11) is 1.77. The predicted octanol–water partition coefficient (Wildman–Crippen LogP) is 3.33. The van der Waals surface area contributed by atoms with E-state index in [1.807, 2.05) is 31.2 Å². The van der Waals surface area contributed by atoms with Gasteiger partial charge in [0.05, 0.1) is 6.61 Å². The second-order valence-electron chi connectivity index (χ2n) is 2.63. The zero-order valence-corrected chi connectivity index (χ0v) is 8.08. The summed E-state index contributed by atoms with van der Waals surface area (Å²) in [6.07, 6.45) is 0. The van der Waals surface area contributed by atoms with Gasteiger partial charge in [-0.25, -0.2) is 0 Å². The topological polar surface area (TPSA) is 23.3 Å². The molecule has 13 heavy (non-hydrogen) atoms. The molecule has 0 atom stereocenters. The van der Waals surface area contributed by atoms with Gasteiger partial charge < -0.3 is 10.1 Å². The van der Waals surface area contributed by atoms with Crippen LogP contribution in [0, 0.1) is 0 Å². The molecule has 0 bridgehead atoms. The third-order valence-electron chi connectivity index (χ3n) is 1.74. The zero-order chi connectivity index (χ0) is 9.68. The van der Waals surface area contributed by atoms with Crippen LogP contribution < -0.4 is 0 Å². The van der Waals surface area contributed by atoms with E-state index in [1.54, 1.807) is 7.05 Å². The van der Waals surface area contributed by atoms with Crippen molar-refractivity contribution in [3.05, 3.63) is 41.7 Å². The molecular weight excluding hydrogens is 162 g/mol. The quantitative estimate of drug-likeness (QED) is 0.645. The lowest BCUT2D eigenvalue weighted by Crippen LogP contribution is -1.89. The van der Waals surface area contributed by atoms with Crippen molar-refractivity contribution in [1.29, 1.82) is 0 Å². The van der Waals surface area contributed by atoms with Gasteiger partial charge in [-0.15, -0.1) is 12.7 Å². The lowest BCUT2D eigenvalue weighted by Gasteiger charge is -2.15. The summed E-state index contributed by atoms with van der Waals surface area (Å²) in [5.41, 5.74) is 1.93. The van der Waals surface area contributed by atoms with E-state index in [0.29, 0.717) is 12.4 Å². The fourth-order valence-corrected chi connectivity index (χ4v) is 1.08. The first-order valence-corrected chi connectivity index (χ1v) is 4.30. The van der Waals surface area contributed by atoms with E-state index in [0.717, 1.165) is 11.3 Å². The Morgan fingerprint density at radius 3 is 2.92 bits per heavy atom. The van der Waals surface area contributed by atoms with Crippen molar-refractivity contribution >= 4 is 11.4 Å². The van der Waals surface area contributed by atoms with Crippen molar-refractivity contribution < 1.29 is 4.74 Å². The molecule has 0 N–H and O–H groups in total. The number of ether oxygens (including phenoxy) is 1. The van der Waals surface area contributed by atoms with Crippen molar-refractivity contribution in [2.45, 2.75) is 6.92 Å². The zero-order valence-electron chi connectivity index (χ0n) is 8.08. The Morgan fingerprint density at radius 2 is 2.31 bits per heavy atom. The molecular formula is C11H14NO-. The van der Waals surface area contributed by atoms with Gasteiger partial charge in [0.1, 0.15) is 5.76 Å². The van der Waals surface area contributed by atoms with Crippen LogP contribution in [0.1, 0.15) is 12.5 Å². The molecule has 0 fully saturated rings. The van der Waals surface area contributed by atoms with E-state index in [1.165, 1.54) is 0 Å².